The highest BCUT2D eigenvalue weighted by Crippen LogP contribution is 2.38. The minimum absolute atomic E-state index is 0.250. The van der Waals surface area contributed by atoms with Crippen LogP contribution in [-0.2, 0) is 12.8 Å². The van der Waals surface area contributed by atoms with Gasteiger partial charge >= 0.3 is 6.18 Å². The molecule has 10 heteroatoms. The van der Waals surface area contributed by atoms with Gasteiger partial charge in [-0.1, -0.05) is 26.8 Å². The number of aromatic nitrogens is 4. The Balaban J connectivity index is 2.06. The maximum atomic E-state index is 14.1. The molecule has 0 aliphatic heterocycles. The highest BCUT2D eigenvalue weighted by atomic mass is 19.4. The smallest absolute Gasteiger partial charge is 0.390 e. The van der Waals surface area contributed by atoms with Gasteiger partial charge in [0.2, 0.25) is 0 Å². The second kappa shape index (κ2) is 7.01. The molecule has 1 atom stereocenters. The summed E-state index contributed by atoms with van der Waals surface area (Å²) in [7, 11) is 0. The Bertz CT molecular complexity index is 994. The number of rotatable bonds is 4. The summed E-state index contributed by atoms with van der Waals surface area (Å²) in [6, 6.07) is 3.87. The maximum Gasteiger partial charge on any atom is 0.419 e. The lowest BCUT2D eigenvalue weighted by atomic mass is 9.82. The van der Waals surface area contributed by atoms with E-state index in [0.29, 0.717) is 17.1 Å². The van der Waals surface area contributed by atoms with Crippen molar-refractivity contribution in [2.75, 3.05) is 5.32 Å². The molecule has 1 aromatic carbocycles. The lowest BCUT2D eigenvalue weighted by molar-refractivity contribution is -0.140. The molecule has 3 aromatic rings. The number of nitrogens with zero attached hydrogens (tertiary/aromatic N) is 4. The molecule has 0 unspecified atom stereocenters. The van der Waals surface area contributed by atoms with Gasteiger partial charge in [-0.2, -0.15) is 27.8 Å². The fourth-order valence-electron chi connectivity index (χ4n) is 2.93. The molecule has 2 heterocycles. The summed E-state index contributed by atoms with van der Waals surface area (Å²) in [6.07, 6.45) is -3.47. The van der Waals surface area contributed by atoms with Crippen molar-refractivity contribution in [3.63, 3.8) is 0 Å². The van der Waals surface area contributed by atoms with E-state index in [9.17, 15) is 22.7 Å². The number of fused-ring (bicyclic) bond motifs is 1. The number of anilines is 1. The number of aliphatic hydroxyl groups excluding tert-OH is 1. The zero-order chi connectivity index (χ0) is 20.7. The van der Waals surface area contributed by atoms with E-state index < -0.39 is 29.0 Å². The molecular weight excluding hydrogens is 378 g/mol. The molecular formula is C18H19F4N5O. The first-order valence-corrected chi connectivity index (χ1v) is 8.44. The van der Waals surface area contributed by atoms with Crippen LogP contribution in [0.3, 0.4) is 0 Å². The first-order valence-electron chi connectivity index (χ1n) is 8.44. The topological polar surface area (TPSA) is 75.3 Å². The minimum atomic E-state index is -4.76. The molecule has 2 N–H and O–H groups in total. The normalized spacial score (nSPS) is 13.7. The third kappa shape index (κ3) is 3.91. The molecule has 0 aliphatic carbocycles. The van der Waals surface area contributed by atoms with Gasteiger partial charge in [0.25, 0.3) is 5.78 Å². The van der Waals surface area contributed by atoms with Crippen LogP contribution < -0.4 is 5.32 Å². The standard InChI is InChI=1S/C18H19F4N5O/c1-17(2,3)15(10-4-5-12(13(19)6-10)18(20,21)22)26-14-7-11(8-28)25-16-23-9-24-27(14)16/h4-7,9,15,26,28H,8H2,1-3H3/t15-/m0/s1. The maximum absolute atomic E-state index is 14.1. The molecule has 0 radical (unpaired) electrons. The Hall–Kier alpha value is -2.75. The average molecular weight is 397 g/mol. The number of hydrogen-bond acceptors (Lipinski definition) is 5. The number of halogens is 4. The summed E-state index contributed by atoms with van der Waals surface area (Å²) in [6.45, 7) is 5.28. The molecule has 3 rings (SSSR count). The monoisotopic (exact) mass is 397 g/mol. The average Bonchev–Trinajstić information content (AvgIpc) is 3.05. The Morgan fingerprint density at radius 2 is 1.89 bits per heavy atom. The van der Waals surface area contributed by atoms with Gasteiger partial charge in [0, 0.05) is 6.07 Å². The lowest BCUT2D eigenvalue weighted by Crippen LogP contribution is -2.27. The van der Waals surface area contributed by atoms with Crippen molar-refractivity contribution < 1.29 is 22.7 Å². The van der Waals surface area contributed by atoms with E-state index in [0.717, 1.165) is 12.1 Å². The summed E-state index contributed by atoms with van der Waals surface area (Å²) in [5.74, 6) is -0.662. The first-order chi connectivity index (χ1) is 13.0. The van der Waals surface area contributed by atoms with Gasteiger partial charge in [0.05, 0.1) is 23.9 Å². The Kier molecular flexibility index (Phi) is 5.00. The number of benzene rings is 1. The van der Waals surface area contributed by atoms with Crippen molar-refractivity contribution in [2.45, 2.75) is 39.6 Å². The molecule has 0 amide bonds. The Morgan fingerprint density at radius 3 is 2.46 bits per heavy atom. The largest absolute Gasteiger partial charge is 0.419 e. The summed E-state index contributed by atoms with van der Waals surface area (Å²) < 4.78 is 54.2. The van der Waals surface area contributed by atoms with Gasteiger partial charge in [-0.15, -0.1) is 0 Å². The van der Waals surface area contributed by atoms with E-state index in [1.165, 1.54) is 16.9 Å². The molecule has 0 fully saturated rings. The van der Waals surface area contributed by atoms with E-state index in [1.54, 1.807) is 6.07 Å². The number of hydrogen-bond donors (Lipinski definition) is 2. The van der Waals surface area contributed by atoms with Crippen molar-refractivity contribution in [3.8, 4) is 0 Å². The van der Waals surface area contributed by atoms with Crippen LogP contribution in [0.2, 0.25) is 0 Å². The van der Waals surface area contributed by atoms with Crippen LogP contribution in [0.15, 0.2) is 30.6 Å². The van der Waals surface area contributed by atoms with Gasteiger partial charge in [-0.3, -0.25) is 0 Å². The summed E-state index contributed by atoms with van der Waals surface area (Å²) in [5, 5.41) is 16.7. The molecule has 0 aliphatic rings. The highest BCUT2D eigenvalue weighted by molar-refractivity contribution is 5.47. The van der Waals surface area contributed by atoms with Gasteiger partial charge in [0.1, 0.15) is 18.0 Å². The zero-order valence-electron chi connectivity index (χ0n) is 15.4. The summed E-state index contributed by atoms with van der Waals surface area (Å²) >= 11 is 0. The van der Waals surface area contributed by atoms with E-state index in [1.807, 2.05) is 20.8 Å². The molecule has 2 aromatic heterocycles. The van der Waals surface area contributed by atoms with Gasteiger partial charge in [-0.25, -0.2) is 9.37 Å². The highest BCUT2D eigenvalue weighted by Gasteiger charge is 2.35. The lowest BCUT2D eigenvalue weighted by Gasteiger charge is -2.33. The van der Waals surface area contributed by atoms with E-state index in [4.69, 9.17) is 0 Å². The molecule has 0 spiro atoms. The van der Waals surface area contributed by atoms with Gasteiger partial charge in [-0.05, 0) is 23.1 Å². The fraction of sp³-hybridized carbons (Fsp3) is 0.389. The van der Waals surface area contributed by atoms with E-state index in [-0.39, 0.29) is 12.4 Å². The van der Waals surface area contributed by atoms with Crippen LogP contribution >= 0.6 is 0 Å². The molecule has 6 nitrogen and oxygen atoms in total. The SMILES string of the molecule is CC(C)(C)[C@@H](Nc1cc(CO)nc2ncnn12)c1ccc(C(F)(F)F)c(F)c1. The van der Waals surface area contributed by atoms with Crippen LogP contribution in [0.1, 0.15) is 43.6 Å². The molecule has 0 saturated heterocycles. The molecule has 0 saturated carbocycles. The predicted molar refractivity (Wildman–Crippen MR) is 93.9 cm³/mol. The van der Waals surface area contributed by atoms with E-state index in [2.05, 4.69) is 20.4 Å². The van der Waals surface area contributed by atoms with Crippen molar-refractivity contribution in [1.29, 1.82) is 0 Å². The number of alkyl halides is 3. The van der Waals surface area contributed by atoms with Crippen LogP contribution in [0.25, 0.3) is 5.78 Å². The van der Waals surface area contributed by atoms with Gasteiger partial charge in [0.15, 0.2) is 0 Å². The molecule has 28 heavy (non-hydrogen) atoms. The summed E-state index contributed by atoms with van der Waals surface area (Å²) in [4.78, 5) is 8.11. The van der Waals surface area contributed by atoms with Crippen molar-refractivity contribution in [2.24, 2.45) is 5.41 Å². The molecule has 0 bridgehead atoms. The predicted octanol–water partition coefficient (Wildman–Crippen LogP) is 3.97. The quantitative estimate of drug-likeness (QED) is 0.652. The Labute approximate surface area is 158 Å². The van der Waals surface area contributed by atoms with Crippen LogP contribution in [-0.4, -0.2) is 24.7 Å². The second-order valence-electron chi connectivity index (χ2n) is 7.44. The van der Waals surface area contributed by atoms with Gasteiger partial charge < -0.3 is 10.4 Å². The Morgan fingerprint density at radius 1 is 1.18 bits per heavy atom. The second-order valence-corrected chi connectivity index (χ2v) is 7.44. The van der Waals surface area contributed by atoms with Crippen LogP contribution in [0, 0.1) is 11.2 Å². The third-order valence-corrected chi connectivity index (χ3v) is 4.26. The van der Waals surface area contributed by atoms with Crippen molar-refractivity contribution in [3.05, 3.63) is 53.2 Å². The number of nitrogens with one attached hydrogen (secondary N) is 1. The number of aliphatic hydroxyl groups is 1. The zero-order valence-corrected chi connectivity index (χ0v) is 15.4. The van der Waals surface area contributed by atoms with E-state index >= 15 is 0 Å². The van der Waals surface area contributed by atoms with Crippen LogP contribution in [0.5, 0.6) is 0 Å². The van der Waals surface area contributed by atoms with Crippen molar-refractivity contribution >= 4 is 11.6 Å². The fourth-order valence-corrected chi connectivity index (χ4v) is 2.93. The molecule has 150 valence electrons. The minimum Gasteiger partial charge on any atom is -0.390 e. The first kappa shape index (κ1) is 20.0. The third-order valence-electron chi connectivity index (χ3n) is 4.26. The van der Waals surface area contributed by atoms with Crippen LogP contribution in [0.4, 0.5) is 23.4 Å². The summed E-state index contributed by atoms with van der Waals surface area (Å²) in [5.41, 5.74) is -1.13. The van der Waals surface area contributed by atoms with Crippen molar-refractivity contribution in [1.82, 2.24) is 19.6 Å².